The molecular weight excluding hydrogens is 274 g/mol. The first kappa shape index (κ1) is 14.9. The Bertz CT molecular complexity index is 504. The maximum absolute atomic E-state index is 12.3. The van der Waals surface area contributed by atoms with Crippen LogP contribution in [0.1, 0.15) is 19.4 Å². The van der Waals surface area contributed by atoms with E-state index in [9.17, 15) is 9.59 Å². The maximum Gasteiger partial charge on any atom is 0.315 e. The summed E-state index contributed by atoms with van der Waals surface area (Å²) in [6.45, 7) is 4.20. The highest BCUT2D eigenvalue weighted by Crippen LogP contribution is 2.32. The van der Waals surface area contributed by atoms with Gasteiger partial charge in [0.2, 0.25) is 5.91 Å². The maximum atomic E-state index is 12.3. The van der Waals surface area contributed by atoms with Crippen LogP contribution in [-0.4, -0.2) is 36.0 Å². The lowest BCUT2D eigenvalue weighted by atomic mass is 10.1. The lowest BCUT2D eigenvalue weighted by molar-refractivity contribution is -0.139. The average Bonchev–Trinajstić information content (AvgIpc) is 2.74. The van der Waals surface area contributed by atoms with Crippen molar-refractivity contribution in [3.8, 4) is 0 Å². The lowest BCUT2D eigenvalue weighted by Crippen LogP contribution is -2.37. The molecule has 1 unspecified atom stereocenters. The van der Waals surface area contributed by atoms with Crippen molar-refractivity contribution in [2.75, 3.05) is 23.0 Å². The number of anilines is 1. The van der Waals surface area contributed by atoms with Crippen molar-refractivity contribution in [1.82, 2.24) is 0 Å². The van der Waals surface area contributed by atoms with Gasteiger partial charge in [0, 0.05) is 11.7 Å². The average molecular weight is 293 g/mol. The summed E-state index contributed by atoms with van der Waals surface area (Å²) in [5.74, 6) is 0.318. The molecule has 0 saturated carbocycles. The van der Waals surface area contributed by atoms with Gasteiger partial charge in [0.25, 0.3) is 0 Å². The van der Waals surface area contributed by atoms with Crippen LogP contribution in [0.2, 0.25) is 0 Å². The molecule has 108 valence electrons. The predicted octanol–water partition coefficient (Wildman–Crippen LogP) is 2.26. The molecule has 0 bridgehead atoms. The molecule has 5 heteroatoms. The highest BCUT2D eigenvalue weighted by atomic mass is 32.2. The zero-order valence-corrected chi connectivity index (χ0v) is 12.6. The van der Waals surface area contributed by atoms with Crippen LogP contribution in [0.5, 0.6) is 0 Å². The molecule has 0 aromatic heterocycles. The van der Waals surface area contributed by atoms with Crippen molar-refractivity contribution in [2.24, 2.45) is 0 Å². The first-order valence-corrected chi connectivity index (χ1v) is 7.92. The monoisotopic (exact) mass is 293 g/mol. The number of amides is 1. The Balaban J connectivity index is 1.91. The topological polar surface area (TPSA) is 46.6 Å². The largest absolute Gasteiger partial charge is 0.465 e. The van der Waals surface area contributed by atoms with E-state index in [1.165, 1.54) is 17.3 Å². The van der Waals surface area contributed by atoms with E-state index >= 15 is 0 Å². The Kier molecular flexibility index (Phi) is 5.06. The third-order valence-corrected chi connectivity index (χ3v) is 4.12. The molecule has 1 aromatic rings. The van der Waals surface area contributed by atoms with E-state index in [0.29, 0.717) is 12.4 Å². The van der Waals surface area contributed by atoms with Gasteiger partial charge < -0.3 is 9.64 Å². The number of para-hydroxylation sites is 1. The fourth-order valence-electron chi connectivity index (χ4n) is 2.44. The van der Waals surface area contributed by atoms with Gasteiger partial charge >= 0.3 is 5.97 Å². The van der Waals surface area contributed by atoms with Crippen LogP contribution in [0.25, 0.3) is 0 Å². The second-order valence-corrected chi connectivity index (χ2v) is 5.73. The molecule has 0 N–H and O–H groups in total. The summed E-state index contributed by atoms with van der Waals surface area (Å²) < 4.78 is 4.84. The smallest absolute Gasteiger partial charge is 0.315 e. The first-order chi connectivity index (χ1) is 9.63. The predicted molar refractivity (Wildman–Crippen MR) is 81.1 cm³/mol. The van der Waals surface area contributed by atoms with Gasteiger partial charge in [-0.3, -0.25) is 9.59 Å². The second-order valence-electron chi connectivity index (χ2n) is 4.74. The molecule has 20 heavy (non-hydrogen) atoms. The van der Waals surface area contributed by atoms with E-state index < -0.39 is 0 Å². The van der Waals surface area contributed by atoms with Crippen molar-refractivity contribution < 1.29 is 14.3 Å². The van der Waals surface area contributed by atoms with Crippen LogP contribution in [0, 0.1) is 0 Å². The molecule has 1 aromatic carbocycles. The van der Waals surface area contributed by atoms with Crippen LogP contribution in [0.3, 0.4) is 0 Å². The molecule has 1 aliphatic heterocycles. The Morgan fingerprint density at radius 3 is 2.85 bits per heavy atom. The Morgan fingerprint density at radius 2 is 2.10 bits per heavy atom. The van der Waals surface area contributed by atoms with Gasteiger partial charge in [-0.2, -0.15) is 0 Å². The number of esters is 1. The van der Waals surface area contributed by atoms with Crippen LogP contribution in [-0.2, 0) is 20.7 Å². The Hall–Kier alpha value is -1.49. The van der Waals surface area contributed by atoms with E-state index in [-0.39, 0.29) is 23.7 Å². The third kappa shape index (κ3) is 3.33. The summed E-state index contributed by atoms with van der Waals surface area (Å²) in [6, 6.07) is 8.17. The molecule has 1 amide bonds. The summed E-state index contributed by atoms with van der Waals surface area (Å²) in [6.07, 6.45) is 0.893. The normalized spacial score (nSPS) is 16.9. The SMILES string of the molecule is CCOC(=O)CSCC(=O)N1c2ccccc2CC1C. The van der Waals surface area contributed by atoms with E-state index in [4.69, 9.17) is 4.74 Å². The number of carbonyl (C=O) groups excluding carboxylic acids is 2. The number of hydrogen-bond donors (Lipinski definition) is 0. The number of nitrogens with zero attached hydrogens (tertiary/aromatic N) is 1. The quantitative estimate of drug-likeness (QED) is 0.781. The standard InChI is InChI=1S/C15H19NO3S/c1-3-19-15(18)10-20-9-14(17)16-11(2)8-12-6-4-5-7-13(12)16/h4-7,11H,3,8-10H2,1-2H3. The molecule has 1 aliphatic rings. The molecule has 0 spiro atoms. The van der Waals surface area contributed by atoms with Gasteiger partial charge in [0.1, 0.15) is 0 Å². The minimum absolute atomic E-state index is 0.0525. The first-order valence-electron chi connectivity index (χ1n) is 6.76. The molecule has 1 atom stereocenters. The van der Waals surface area contributed by atoms with E-state index in [2.05, 4.69) is 6.07 Å². The minimum atomic E-state index is -0.264. The summed E-state index contributed by atoms with van der Waals surface area (Å²) in [5.41, 5.74) is 2.21. The van der Waals surface area contributed by atoms with Gasteiger partial charge in [0.05, 0.1) is 18.1 Å². The molecule has 0 fully saturated rings. The summed E-state index contributed by atoms with van der Waals surface area (Å²) in [5, 5.41) is 0. The molecule has 0 aliphatic carbocycles. The van der Waals surface area contributed by atoms with Gasteiger partial charge in [-0.1, -0.05) is 18.2 Å². The van der Waals surface area contributed by atoms with Crippen molar-refractivity contribution >= 4 is 29.3 Å². The lowest BCUT2D eigenvalue weighted by Gasteiger charge is -2.22. The van der Waals surface area contributed by atoms with Crippen molar-refractivity contribution in [2.45, 2.75) is 26.3 Å². The number of rotatable bonds is 5. The zero-order valence-electron chi connectivity index (χ0n) is 11.8. The van der Waals surface area contributed by atoms with Gasteiger partial charge in [-0.15, -0.1) is 11.8 Å². The minimum Gasteiger partial charge on any atom is -0.465 e. The summed E-state index contributed by atoms with van der Waals surface area (Å²) in [7, 11) is 0. The van der Waals surface area contributed by atoms with Crippen LogP contribution in [0.15, 0.2) is 24.3 Å². The van der Waals surface area contributed by atoms with Crippen LogP contribution < -0.4 is 4.90 Å². The van der Waals surface area contributed by atoms with E-state index in [1.54, 1.807) is 6.92 Å². The fourth-order valence-corrected chi connectivity index (χ4v) is 3.11. The van der Waals surface area contributed by atoms with Gasteiger partial charge in [-0.25, -0.2) is 0 Å². The molecule has 2 rings (SSSR count). The highest BCUT2D eigenvalue weighted by molar-refractivity contribution is 8.00. The number of fused-ring (bicyclic) bond motifs is 1. The third-order valence-electron chi connectivity index (χ3n) is 3.23. The highest BCUT2D eigenvalue weighted by Gasteiger charge is 2.30. The number of benzene rings is 1. The number of hydrogen-bond acceptors (Lipinski definition) is 4. The zero-order chi connectivity index (χ0) is 14.5. The van der Waals surface area contributed by atoms with Crippen molar-refractivity contribution in [3.63, 3.8) is 0 Å². The van der Waals surface area contributed by atoms with Crippen molar-refractivity contribution in [3.05, 3.63) is 29.8 Å². The molecule has 0 saturated heterocycles. The number of ether oxygens (including phenoxy) is 1. The Morgan fingerprint density at radius 1 is 1.35 bits per heavy atom. The second kappa shape index (κ2) is 6.79. The molecule has 0 radical (unpaired) electrons. The molecule has 1 heterocycles. The van der Waals surface area contributed by atoms with Gasteiger partial charge in [0.15, 0.2) is 0 Å². The summed E-state index contributed by atoms with van der Waals surface area (Å²) >= 11 is 1.31. The molecule has 4 nitrogen and oxygen atoms in total. The number of thioether (sulfide) groups is 1. The van der Waals surface area contributed by atoms with Crippen molar-refractivity contribution in [1.29, 1.82) is 0 Å². The molecular formula is C15H19NO3S. The fraction of sp³-hybridized carbons (Fsp3) is 0.467. The van der Waals surface area contributed by atoms with E-state index in [0.717, 1.165) is 12.1 Å². The Labute approximate surface area is 123 Å². The van der Waals surface area contributed by atoms with Crippen LogP contribution >= 0.6 is 11.8 Å². The van der Waals surface area contributed by atoms with Crippen LogP contribution in [0.4, 0.5) is 5.69 Å². The summed E-state index contributed by atoms with van der Waals surface area (Å²) in [4.78, 5) is 25.4. The van der Waals surface area contributed by atoms with E-state index in [1.807, 2.05) is 30.0 Å². The number of carbonyl (C=O) groups is 2. The van der Waals surface area contributed by atoms with Gasteiger partial charge in [-0.05, 0) is 31.9 Å².